The predicted octanol–water partition coefficient (Wildman–Crippen LogP) is 2.38. The van der Waals surface area contributed by atoms with Crippen molar-refractivity contribution in [3.8, 4) is 11.5 Å². The number of ether oxygens (including phenoxy) is 2. The molecule has 1 aromatic carbocycles. The lowest BCUT2D eigenvalue weighted by Gasteiger charge is -2.35. The Bertz CT molecular complexity index is 585. The lowest BCUT2D eigenvalue weighted by molar-refractivity contribution is 0.145. The third-order valence-electron chi connectivity index (χ3n) is 5.06. The van der Waals surface area contributed by atoms with Crippen LogP contribution in [0.4, 0.5) is 4.79 Å². The van der Waals surface area contributed by atoms with Gasteiger partial charge in [0.15, 0.2) is 11.5 Å². The zero-order valence-corrected chi connectivity index (χ0v) is 15.2. The molecule has 1 fully saturated rings. The summed E-state index contributed by atoms with van der Waals surface area (Å²) >= 11 is 0. The van der Waals surface area contributed by atoms with E-state index in [4.69, 9.17) is 9.47 Å². The highest BCUT2D eigenvalue weighted by molar-refractivity contribution is 5.73. The molecule has 1 saturated heterocycles. The number of piperidine rings is 1. The van der Waals surface area contributed by atoms with Crippen LogP contribution in [0.3, 0.4) is 0 Å². The van der Waals surface area contributed by atoms with Gasteiger partial charge in [-0.05, 0) is 56.5 Å². The van der Waals surface area contributed by atoms with Crippen LogP contribution in [0.5, 0.6) is 11.5 Å². The molecule has 0 saturated carbocycles. The van der Waals surface area contributed by atoms with Crippen molar-refractivity contribution in [2.75, 3.05) is 32.8 Å². The van der Waals surface area contributed by atoms with Gasteiger partial charge < -0.3 is 20.1 Å². The highest BCUT2D eigenvalue weighted by Crippen LogP contribution is 2.30. The van der Waals surface area contributed by atoms with E-state index < -0.39 is 0 Å². The van der Waals surface area contributed by atoms with Crippen molar-refractivity contribution < 1.29 is 14.3 Å². The van der Waals surface area contributed by atoms with Crippen molar-refractivity contribution in [3.63, 3.8) is 0 Å². The predicted molar refractivity (Wildman–Crippen MR) is 97.1 cm³/mol. The standard InChI is InChI=1S/C19H29N3O3/c1-14-5-7-22(8-6-14)15(2)12-20-19(23)21-13-16-3-4-17-18(11-16)25-10-9-24-17/h3-4,11,14-15H,5-10,12-13H2,1-2H3,(H2,20,21,23). The molecule has 0 spiro atoms. The third-order valence-corrected chi connectivity index (χ3v) is 5.06. The second kappa shape index (κ2) is 8.43. The molecular formula is C19H29N3O3. The van der Waals surface area contributed by atoms with Gasteiger partial charge in [0.25, 0.3) is 0 Å². The normalized spacial score (nSPS) is 19.3. The molecule has 0 aliphatic carbocycles. The molecule has 1 atom stereocenters. The van der Waals surface area contributed by atoms with E-state index in [1.54, 1.807) is 0 Å². The van der Waals surface area contributed by atoms with Crippen molar-refractivity contribution >= 4 is 6.03 Å². The number of urea groups is 1. The summed E-state index contributed by atoms with van der Waals surface area (Å²) in [4.78, 5) is 14.5. The second-order valence-corrected chi connectivity index (χ2v) is 7.11. The van der Waals surface area contributed by atoms with Gasteiger partial charge in [-0.3, -0.25) is 4.90 Å². The fraction of sp³-hybridized carbons (Fsp3) is 0.632. The van der Waals surface area contributed by atoms with E-state index in [1.807, 2.05) is 18.2 Å². The number of likely N-dealkylation sites (tertiary alicyclic amines) is 1. The molecule has 2 amide bonds. The monoisotopic (exact) mass is 347 g/mol. The van der Waals surface area contributed by atoms with Crippen molar-refractivity contribution in [3.05, 3.63) is 23.8 Å². The number of hydrogen-bond donors (Lipinski definition) is 2. The molecule has 6 heteroatoms. The van der Waals surface area contributed by atoms with E-state index >= 15 is 0 Å². The van der Waals surface area contributed by atoms with E-state index in [-0.39, 0.29) is 6.03 Å². The number of rotatable bonds is 5. The number of fused-ring (bicyclic) bond motifs is 1. The van der Waals surface area contributed by atoms with Crippen molar-refractivity contribution in [2.45, 2.75) is 39.3 Å². The van der Waals surface area contributed by atoms with Crippen LogP contribution in [-0.4, -0.2) is 49.8 Å². The van der Waals surface area contributed by atoms with E-state index in [0.717, 1.165) is 36.1 Å². The van der Waals surface area contributed by atoms with Gasteiger partial charge >= 0.3 is 6.03 Å². The molecule has 6 nitrogen and oxygen atoms in total. The zero-order valence-electron chi connectivity index (χ0n) is 15.2. The van der Waals surface area contributed by atoms with E-state index in [2.05, 4.69) is 29.4 Å². The zero-order chi connectivity index (χ0) is 17.6. The first-order chi connectivity index (χ1) is 12.1. The molecule has 0 bridgehead atoms. The quantitative estimate of drug-likeness (QED) is 0.858. The van der Waals surface area contributed by atoms with Crippen molar-refractivity contribution in [1.82, 2.24) is 15.5 Å². The molecule has 1 unspecified atom stereocenters. The molecule has 2 N–H and O–H groups in total. The Labute approximate surface area is 149 Å². The molecular weight excluding hydrogens is 318 g/mol. The smallest absolute Gasteiger partial charge is 0.315 e. The Morgan fingerprint density at radius 3 is 2.68 bits per heavy atom. The Balaban J connectivity index is 1.39. The summed E-state index contributed by atoms with van der Waals surface area (Å²) in [6.45, 7) is 9.03. The number of nitrogens with one attached hydrogen (secondary N) is 2. The van der Waals surface area contributed by atoms with Crippen LogP contribution >= 0.6 is 0 Å². The number of hydrogen-bond acceptors (Lipinski definition) is 4. The van der Waals surface area contributed by atoms with Gasteiger partial charge in [0.2, 0.25) is 0 Å². The van der Waals surface area contributed by atoms with Gasteiger partial charge in [0, 0.05) is 19.1 Å². The van der Waals surface area contributed by atoms with Crippen LogP contribution in [0.15, 0.2) is 18.2 Å². The van der Waals surface area contributed by atoms with E-state index in [1.165, 1.54) is 12.8 Å². The Kier molecular flexibility index (Phi) is 6.02. The topological polar surface area (TPSA) is 62.8 Å². The summed E-state index contributed by atoms with van der Waals surface area (Å²) in [7, 11) is 0. The highest BCUT2D eigenvalue weighted by Gasteiger charge is 2.20. The number of benzene rings is 1. The molecule has 1 aromatic rings. The first-order valence-corrected chi connectivity index (χ1v) is 9.26. The molecule has 2 aliphatic rings. The van der Waals surface area contributed by atoms with Crippen LogP contribution in [0.1, 0.15) is 32.3 Å². The summed E-state index contributed by atoms with van der Waals surface area (Å²) in [5.41, 5.74) is 0.998. The lowest BCUT2D eigenvalue weighted by Crippen LogP contribution is -2.47. The molecule has 25 heavy (non-hydrogen) atoms. The molecule has 2 heterocycles. The van der Waals surface area contributed by atoms with Crippen LogP contribution in [0.2, 0.25) is 0 Å². The minimum atomic E-state index is -0.132. The number of carbonyl (C=O) groups excluding carboxylic acids is 1. The van der Waals surface area contributed by atoms with Crippen LogP contribution < -0.4 is 20.1 Å². The minimum Gasteiger partial charge on any atom is -0.486 e. The Hall–Kier alpha value is -1.95. The molecule has 138 valence electrons. The molecule has 3 rings (SSSR count). The van der Waals surface area contributed by atoms with Crippen LogP contribution in [0.25, 0.3) is 0 Å². The molecule has 0 radical (unpaired) electrons. The average molecular weight is 347 g/mol. The second-order valence-electron chi connectivity index (χ2n) is 7.11. The Morgan fingerprint density at radius 1 is 1.20 bits per heavy atom. The Morgan fingerprint density at radius 2 is 1.92 bits per heavy atom. The summed E-state index contributed by atoms with van der Waals surface area (Å²) in [6, 6.07) is 6.00. The first-order valence-electron chi connectivity index (χ1n) is 9.26. The highest BCUT2D eigenvalue weighted by atomic mass is 16.6. The van der Waals surface area contributed by atoms with Gasteiger partial charge in [-0.2, -0.15) is 0 Å². The SMILES string of the molecule is CC1CCN(C(C)CNC(=O)NCc2ccc3c(c2)OCCO3)CC1. The molecule has 2 aliphatic heterocycles. The maximum Gasteiger partial charge on any atom is 0.315 e. The largest absolute Gasteiger partial charge is 0.486 e. The van der Waals surface area contributed by atoms with Gasteiger partial charge in [0.1, 0.15) is 13.2 Å². The van der Waals surface area contributed by atoms with Crippen LogP contribution in [0, 0.1) is 5.92 Å². The van der Waals surface area contributed by atoms with Crippen molar-refractivity contribution in [2.24, 2.45) is 5.92 Å². The minimum absolute atomic E-state index is 0.132. The fourth-order valence-electron chi connectivity index (χ4n) is 3.28. The first kappa shape index (κ1) is 17.9. The maximum absolute atomic E-state index is 12.0. The summed E-state index contributed by atoms with van der Waals surface area (Å²) < 4.78 is 11.1. The number of amides is 2. The average Bonchev–Trinajstić information content (AvgIpc) is 2.65. The lowest BCUT2D eigenvalue weighted by atomic mass is 9.98. The molecule has 0 aromatic heterocycles. The van der Waals surface area contributed by atoms with Crippen molar-refractivity contribution in [1.29, 1.82) is 0 Å². The van der Waals surface area contributed by atoms with Gasteiger partial charge in [-0.15, -0.1) is 0 Å². The number of carbonyl (C=O) groups is 1. The van der Waals surface area contributed by atoms with E-state index in [9.17, 15) is 4.79 Å². The fourth-order valence-corrected chi connectivity index (χ4v) is 3.28. The third kappa shape index (κ3) is 5.01. The van der Waals surface area contributed by atoms with Gasteiger partial charge in [-0.1, -0.05) is 13.0 Å². The number of nitrogens with zero attached hydrogens (tertiary/aromatic N) is 1. The van der Waals surface area contributed by atoms with E-state index in [0.29, 0.717) is 32.3 Å². The maximum atomic E-state index is 12.0. The summed E-state index contributed by atoms with van der Waals surface area (Å²) in [5.74, 6) is 2.34. The summed E-state index contributed by atoms with van der Waals surface area (Å²) in [6.07, 6.45) is 2.50. The van der Waals surface area contributed by atoms with Crippen LogP contribution in [-0.2, 0) is 6.54 Å². The van der Waals surface area contributed by atoms with Gasteiger partial charge in [-0.25, -0.2) is 4.79 Å². The van der Waals surface area contributed by atoms with Gasteiger partial charge in [0.05, 0.1) is 0 Å². The summed E-state index contributed by atoms with van der Waals surface area (Å²) in [5, 5.41) is 5.88.